The van der Waals surface area contributed by atoms with Gasteiger partial charge in [-0.2, -0.15) is 0 Å². The second kappa shape index (κ2) is 7.23. The molecule has 0 unspecified atom stereocenters. The summed E-state index contributed by atoms with van der Waals surface area (Å²) in [6, 6.07) is 12.0. The van der Waals surface area contributed by atoms with Gasteiger partial charge in [0.15, 0.2) is 0 Å². The second-order valence-electron chi connectivity index (χ2n) is 6.49. The fourth-order valence-corrected chi connectivity index (χ4v) is 3.21. The first kappa shape index (κ1) is 18.4. The van der Waals surface area contributed by atoms with E-state index in [1.807, 2.05) is 0 Å². The molecular weight excluding hydrogens is 378 g/mol. The molecule has 1 N–H and O–H groups in total. The maximum atomic E-state index is 12.3. The van der Waals surface area contributed by atoms with Crippen LogP contribution in [0.3, 0.4) is 0 Å². The van der Waals surface area contributed by atoms with E-state index in [2.05, 4.69) is 0 Å². The van der Waals surface area contributed by atoms with Crippen molar-refractivity contribution < 1.29 is 28.6 Å². The highest BCUT2D eigenvalue weighted by Gasteiger charge is 2.35. The van der Waals surface area contributed by atoms with E-state index in [4.69, 9.17) is 9.15 Å². The smallest absolute Gasteiger partial charge is 0.336 e. The summed E-state index contributed by atoms with van der Waals surface area (Å²) in [6.45, 7) is -0.287. The summed E-state index contributed by atoms with van der Waals surface area (Å²) in [5, 5.41) is 10.0. The summed E-state index contributed by atoms with van der Waals surface area (Å²) in [5.74, 6) is -1.56. The number of benzene rings is 2. The number of ether oxygens (including phenoxy) is 1. The topological polar surface area (TPSA) is 114 Å². The molecule has 0 radical (unpaired) electrons. The zero-order valence-electron chi connectivity index (χ0n) is 15.1. The van der Waals surface area contributed by atoms with Crippen molar-refractivity contribution in [2.45, 2.75) is 13.0 Å². The number of phenols is 1. The van der Waals surface area contributed by atoms with Crippen LogP contribution in [-0.4, -0.2) is 34.3 Å². The minimum Gasteiger partial charge on any atom is -0.508 e. The summed E-state index contributed by atoms with van der Waals surface area (Å²) in [4.78, 5) is 49.4. The summed E-state index contributed by atoms with van der Waals surface area (Å²) in [7, 11) is 0. The molecular formula is C21H15NO7. The van der Waals surface area contributed by atoms with Gasteiger partial charge < -0.3 is 14.3 Å². The van der Waals surface area contributed by atoms with Crippen LogP contribution in [-0.2, 0) is 16.1 Å². The fourth-order valence-electron chi connectivity index (χ4n) is 3.21. The monoisotopic (exact) mass is 393 g/mol. The Kier molecular flexibility index (Phi) is 4.59. The number of amides is 2. The maximum Gasteiger partial charge on any atom is 0.336 e. The first-order valence-corrected chi connectivity index (χ1v) is 8.80. The second-order valence-corrected chi connectivity index (χ2v) is 6.49. The van der Waals surface area contributed by atoms with Gasteiger partial charge in [0.05, 0.1) is 17.5 Å². The number of hydrogen-bond acceptors (Lipinski definition) is 7. The first-order chi connectivity index (χ1) is 13.9. The molecule has 4 rings (SSSR count). The molecule has 0 aliphatic carbocycles. The number of nitrogens with zero attached hydrogens (tertiary/aromatic N) is 1. The van der Waals surface area contributed by atoms with Crippen LogP contribution in [0.25, 0.3) is 11.0 Å². The van der Waals surface area contributed by atoms with Gasteiger partial charge >= 0.3 is 11.6 Å². The van der Waals surface area contributed by atoms with Crippen molar-refractivity contribution in [3.8, 4) is 5.75 Å². The lowest BCUT2D eigenvalue weighted by molar-refractivity contribution is -0.145. The standard InChI is InChI=1S/C21H15NO7/c23-13-5-6-14-12(9-19(25)29-17(14)10-13)11-28-18(24)7-8-22-20(26)15-3-1-2-4-16(15)21(22)27/h1-6,9-10,23H,7-8,11H2. The predicted molar refractivity (Wildman–Crippen MR) is 100 cm³/mol. The molecule has 8 nitrogen and oxygen atoms in total. The molecule has 2 aromatic carbocycles. The molecule has 29 heavy (non-hydrogen) atoms. The number of hydrogen-bond donors (Lipinski definition) is 1. The van der Waals surface area contributed by atoms with Crippen LogP contribution in [0.4, 0.5) is 0 Å². The molecule has 1 aliphatic rings. The molecule has 2 amide bonds. The summed E-state index contributed by atoms with van der Waals surface area (Å²) >= 11 is 0. The van der Waals surface area contributed by atoms with E-state index in [0.717, 1.165) is 4.90 Å². The number of imide groups is 1. The van der Waals surface area contributed by atoms with Crippen molar-refractivity contribution in [3.05, 3.63) is 75.6 Å². The minimum atomic E-state index is -0.639. The van der Waals surface area contributed by atoms with Crippen LogP contribution in [0.5, 0.6) is 5.75 Å². The molecule has 0 fully saturated rings. The largest absolute Gasteiger partial charge is 0.508 e. The third kappa shape index (κ3) is 3.47. The number of phenolic OH excluding ortho intramolecular Hbond substituents is 1. The molecule has 0 spiro atoms. The quantitative estimate of drug-likeness (QED) is 0.402. The normalized spacial score (nSPS) is 13.0. The van der Waals surface area contributed by atoms with Gasteiger partial charge in [-0.25, -0.2) is 4.79 Å². The van der Waals surface area contributed by atoms with Crippen molar-refractivity contribution in [1.82, 2.24) is 4.90 Å². The lowest BCUT2D eigenvalue weighted by Gasteiger charge is -2.13. The number of carbonyl (C=O) groups excluding carboxylic acids is 3. The van der Waals surface area contributed by atoms with Crippen molar-refractivity contribution in [1.29, 1.82) is 0 Å². The van der Waals surface area contributed by atoms with Crippen molar-refractivity contribution in [3.63, 3.8) is 0 Å². The Hall–Kier alpha value is -3.94. The predicted octanol–water partition coefficient (Wildman–Crippen LogP) is 2.23. The molecule has 3 aromatic rings. The van der Waals surface area contributed by atoms with Gasteiger partial charge in [-0.05, 0) is 24.3 Å². The molecule has 2 heterocycles. The van der Waals surface area contributed by atoms with E-state index in [1.165, 1.54) is 18.2 Å². The third-order valence-electron chi connectivity index (χ3n) is 4.62. The number of carbonyl (C=O) groups is 3. The van der Waals surface area contributed by atoms with Gasteiger partial charge in [0, 0.05) is 29.6 Å². The Bertz CT molecular complexity index is 1180. The molecule has 146 valence electrons. The Balaban J connectivity index is 1.41. The van der Waals surface area contributed by atoms with E-state index in [-0.39, 0.29) is 30.9 Å². The zero-order chi connectivity index (χ0) is 20.5. The molecule has 0 atom stereocenters. The van der Waals surface area contributed by atoms with E-state index >= 15 is 0 Å². The third-order valence-corrected chi connectivity index (χ3v) is 4.62. The van der Waals surface area contributed by atoms with E-state index in [1.54, 1.807) is 30.3 Å². The maximum absolute atomic E-state index is 12.3. The van der Waals surface area contributed by atoms with Gasteiger partial charge in [-0.15, -0.1) is 0 Å². The van der Waals surface area contributed by atoms with Gasteiger partial charge in [0.2, 0.25) is 0 Å². The van der Waals surface area contributed by atoms with Crippen LogP contribution in [0.2, 0.25) is 0 Å². The van der Waals surface area contributed by atoms with E-state index in [0.29, 0.717) is 22.1 Å². The summed E-state index contributed by atoms with van der Waals surface area (Å²) in [5.41, 5.74) is 0.591. The number of esters is 1. The number of fused-ring (bicyclic) bond motifs is 2. The van der Waals surface area contributed by atoms with Gasteiger partial charge in [-0.1, -0.05) is 12.1 Å². The average Bonchev–Trinajstić information content (AvgIpc) is 2.94. The van der Waals surface area contributed by atoms with Crippen LogP contribution in [0.15, 0.2) is 57.7 Å². The fraction of sp³-hybridized carbons (Fsp3) is 0.143. The van der Waals surface area contributed by atoms with Crippen molar-refractivity contribution >= 4 is 28.8 Å². The zero-order valence-corrected chi connectivity index (χ0v) is 15.1. The van der Waals surface area contributed by atoms with Gasteiger partial charge in [-0.3, -0.25) is 19.3 Å². The van der Waals surface area contributed by atoms with Crippen LogP contribution >= 0.6 is 0 Å². The van der Waals surface area contributed by atoms with Crippen molar-refractivity contribution in [2.75, 3.05) is 6.54 Å². The molecule has 8 heteroatoms. The number of aromatic hydroxyl groups is 1. The van der Waals surface area contributed by atoms with Gasteiger partial charge in [0.25, 0.3) is 11.8 Å². The van der Waals surface area contributed by atoms with Crippen LogP contribution in [0, 0.1) is 0 Å². The Morgan fingerprint density at radius 1 is 1.00 bits per heavy atom. The molecule has 0 saturated heterocycles. The highest BCUT2D eigenvalue weighted by atomic mass is 16.5. The van der Waals surface area contributed by atoms with Crippen LogP contribution in [0.1, 0.15) is 32.7 Å². The lowest BCUT2D eigenvalue weighted by atomic mass is 10.1. The number of rotatable bonds is 5. The minimum absolute atomic E-state index is 0.0595. The van der Waals surface area contributed by atoms with Crippen LogP contribution < -0.4 is 5.63 Å². The first-order valence-electron chi connectivity index (χ1n) is 8.80. The van der Waals surface area contributed by atoms with E-state index in [9.17, 15) is 24.3 Å². The SMILES string of the molecule is O=C(CCN1C(=O)c2ccccc2C1=O)OCc1cc(=O)oc2cc(O)ccc12. The molecule has 0 bridgehead atoms. The Labute approximate surface area is 163 Å². The summed E-state index contributed by atoms with van der Waals surface area (Å²) < 4.78 is 10.2. The lowest BCUT2D eigenvalue weighted by Crippen LogP contribution is -2.32. The van der Waals surface area contributed by atoms with Gasteiger partial charge in [0.1, 0.15) is 17.9 Å². The highest BCUT2D eigenvalue weighted by molar-refractivity contribution is 6.21. The van der Waals surface area contributed by atoms with E-state index < -0.39 is 23.4 Å². The molecule has 1 aromatic heterocycles. The molecule has 0 saturated carbocycles. The van der Waals surface area contributed by atoms with Crippen molar-refractivity contribution in [2.24, 2.45) is 0 Å². The summed E-state index contributed by atoms with van der Waals surface area (Å²) in [6.07, 6.45) is -0.175. The average molecular weight is 393 g/mol. The highest BCUT2D eigenvalue weighted by Crippen LogP contribution is 2.24. The Morgan fingerprint density at radius 2 is 1.69 bits per heavy atom. The molecule has 1 aliphatic heterocycles. The Morgan fingerprint density at radius 3 is 2.38 bits per heavy atom.